The predicted molar refractivity (Wildman–Crippen MR) is 118 cm³/mol. The van der Waals surface area contributed by atoms with E-state index in [1.54, 1.807) is 0 Å². The maximum atomic E-state index is 12.0. The molecule has 0 radical (unpaired) electrons. The highest BCUT2D eigenvalue weighted by Gasteiger charge is 2.23. The number of aryl methyl sites for hydroxylation is 2. The number of benzene rings is 1. The average molecular weight is 406 g/mol. The summed E-state index contributed by atoms with van der Waals surface area (Å²) in [7, 11) is 0. The Morgan fingerprint density at radius 2 is 2.07 bits per heavy atom. The molecule has 3 heterocycles. The van der Waals surface area contributed by atoms with E-state index >= 15 is 0 Å². The second-order valence-corrected chi connectivity index (χ2v) is 8.27. The molecule has 3 aromatic rings. The zero-order valence-corrected chi connectivity index (χ0v) is 16.9. The lowest BCUT2D eigenvalue weighted by Crippen LogP contribution is -2.43. The van der Waals surface area contributed by atoms with E-state index in [1.165, 1.54) is 23.8 Å². The molecule has 1 aliphatic heterocycles. The molecule has 0 spiro atoms. The molecule has 30 heavy (non-hydrogen) atoms. The molecule has 2 atom stereocenters. The number of nitrogens with zero attached hydrogens (tertiary/aromatic N) is 3. The van der Waals surface area contributed by atoms with Crippen molar-refractivity contribution in [2.45, 2.75) is 57.2 Å². The molecule has 1 fully saturated rings. The van der Waals surface area contributed by atoms with Crippen molar-refractivity contribution in [3.63, 3.8) is 0 Å². The Balaban J connectivity index is 1.48. The third-order valence-electron chi connectivity index (χ3n) is 6.29. The van der Waals surface area contributed by atoms with Crippen LogP contribution in [0.4, 0.5) is 17.5 Å². The summed E-state index contributed by atoms with van der Waals surface area (Å²) in [4.78, 5) is 20.9. The lowest BCUT2D eigenvalue weighted by Gasteiger charge is -2.29. The highest BCUT2D eigenvalue weighted by Crippen LogP contribution is 2.33. The number of nitrogens with two attached hydrogens (primary N) is 2. The fourth-order valence-electron chi connectivity index (χ4n) is 4.70. The van der Waals surface area contributed by atoms with Crippen LogP contribution < -0.4 is 22.1 Å². The zero-order chi connectivity index (χ0) is 20.7. The summed E-state index contributed by atoms with van der Waals surface area (Å²) in [5.41, 5.74) is 15.5. The van der Waals surface area contributed by atoms with Gasteiger partial charge in [0.1, 0.15) is 11.4 Å². The van der Waals surface area contributed by atoms with Gasteiger partial charge in [0.25, 0.3) is 5.91 Å². The van der Waals surface area contributed by atoms with Gasteiger partial charge in [-0.15, -0.1) is 0 Å². The molecule has 156 valence electrons. The Bertz CT molecular complexity index is 1110. The van der Waals surface area contributed by atoms with Gasteiger partial charge in [-0.3, -0.25) is 4.79 Å². The number of hydrogen-bond donors (Lipinski definition) is 4. The van der Waals surface area contributed by atoms with Gasteiger partial charge in [0, 0.05) is 41.6 Å². The summed E-state index contributed by atoms with van der Waals surface area (Å²) in [6.07, 6.45) is 8.01. The van der Waals surface area contributed by atoms with Crippen molar-refractivity contribution in [3.8, 4) is 0 Å². The lowest BCUT2D eigenvalue weighted by molar-refractivity contribution is 0.100. The first-order valence-corrected chi connectivity index (χ1v) is 10.7. The SMILES string of the molecule is NC(=O)c1cnc(N[C@@H]2CCCC[C@@H]2N)nc1Nc1cccc2c1cc1n2CCC1. The Kier molecular flexibility index (Phi) is 4.78. The molecule has 1 aromatic carbocycles. The van der Waals surface area contributed by atoms with Gasteiger partial charge in [0.05, 0.1) is 5.52 Å². The number of fused-ring (bicyclic) bond motifs is 3. The van der Waals surface area contributed by atoms with Gasteiger partial charge in [-0.25, -0.2) is 4.98 Å². The molecule has 1 aliphatic carbocycles. The highest BCUT2D eigenvalue weighted by atomic mass is 16.1. The van der Waals surface area contributed by atoms with E-state index in [1.807, 2.05) is 12.1 Å². The first-order chi connectivity index (χ1) is 14.6. The predicted octanol–water partition coefficient (Wildman–Crippen LogP) is 2.90. The normalized spacial score (nSPS) is 20.8. The van der Waals surface area contributed by atoms with Gasteiger partial charge in [0.15, 0.2) is 0 Å². The van der Waals surface area contributed by atoms with Crippen LogP contribution >= 0.6 is 0 Å². The first kappa shape index (κ1) is 18.9. The third-order valence-corrected chi connectivity index (χ3v) is 6.29. The quantitative estimate of drug-likeness (QED) is 0.517. The van der Waals surface area contributed by atoms with Crippen LogP contribution in [0.2, 0.25) is 0 Å². The number of hydrogen-bond acceptors (Lipinski definition) is 6. The van der Waals surface area contributed by atoms with Gasteiger partial charge in [0.2, 0.25) is 5.95 Å². The Labute approximate surface area is 175 Å². The molecule has 0 saturated heterocycles. The maximum Gasteiger partial charge on any atom is 0.254 e. The van der Waals surface area contributed by atoms with Gasteiger partial charge in [-0.2, -0.15) is 4.98 Å². The van der Waals surface area contributed by atoms with Gasteiger partial charge in [-0.05, 0) is 43.9 Å². The van der Waals surface area contributed by atoms with Crippen LogP contribution in [-0.4, -0.2) is 32.5 Å². The molecule has 8 heteroatoms. The Morgan fingerprint density at radius 3 is 2.90 bits per heavy atom. The molecule has 0 unspecified atom stereocenters. The molecule has 5 rings (SSSR count). The highest BCUT2D eigenvalue weighted by molar-refractivity contribution is 6.00. The van der Waals surface area contributed by atoms with Crippen molar-refractivity contribution in [2.24, 2.45) is 11.5 Å². The van der Waals surface area contributed by atoms with Gasteiger partial charge < -0.3 is 26.7 Å². The number of rotatable bonds is 5. The minimum Gasteiger partial charge on any atom is -0.365 e. The lowest BCUT2D eigenvalue weighted by atomic mass is 9.91. The number of carbonyl (C=O) groups excluding carboxylic acids is 1. The van der Waals surface area contributed by atoms with Crippen molar-refractivity contribution >= 4 is 34.3 Å². The van der Waals surface area contributed by atoms with E-state index in [0.717, 1.165) is 49.7 Å². The first-order valence-electron chi connectivity index (χ1n) is 10.7. The number of primary amides is 1. The van der Waals surface area contributed by atoms with Crippen LogP contribution in [0.25, 0.3) is 10.9 Å². The zero-order valence-electron chi connectivity index (χ0n) is 16.9. The fraction of sp³-hybridized carbons (Fsp3) is 0.409. The standard InChI is InChI=1S/C22H27N7O/c23-16-6-1-2-7-18(16)27-22-25-12-15(20(24)30)21(28-22)26-17-8-3-9-19-14(17)11-13-5-4-10-29(13)19/h3,8-9,11-12,16,18H,1-2,4-7,10,23H2,(H2,24,30)(H2,25,26,27,28)/t16-,18+/m0/s1. The van der Waals surface area contributed by atoms with Crippen LogP contribution in [0.3, 0.4) is 0 Å². The minimum absolute atomic E-state index is 0.0760. The van der Waals surface area contributed by atoms with E-state index < -0.39 is 5.91 Å². The third kappa shape index (κ3) is 3.37. The Hall–Kier alpha value is -3.13. The van der Waals surface area contributed by atoms with E-state index in [0.29, 0.717) is 11.8 Å². The molecule has 6 N–H and O–H groups in total. The van der Waals surface area contributed by atoms with E-state index in [-0.39, 0.29) is 17.6 Å². The number of aromatic nitrogens is 3. The molecule has 8 nitrogen and oxygen atoms in total. The summed E-state index contributed by atoms with van der Waals surface area (Å²) >= 11 is 0. The van der Waals surface area contributed by atoms with Gasteiger partial charge >= 0.3 is 0 Å². The van der Waals surface area contributed by atoms with Crippen LogP contribution in [0.15, 0.2) is 30.5 Å². The summed E-state index contributed by atoms with van der Waals surface area (Å²) in [5.74, 6) is 0.296. The van der Waals surface area contributed by atoms with Crippen molar-refractivity contribution in [2.75, 3.05) is 10.6 Å². The number of carbonyl (C=O) groups is 1. The summed E-state index contributed by atoms with van der Waals surface area (Å²) in [5, 5.41) is 7.80. The van der Waals surface area contributed by atoms with Crippen LogP contribution in [0, 0.1) is 0 Å². The van der Waals surface area contributed by atoms with Crippen molar-refractivity contribution in [1.82, 2.24) is 14.5 Å². The second kappa shape index (κ2) is 7.60. The minimum atomic E-state index is -0.565. The maximum absolute atomic E-state index is 12.0. The summed E-state index contributed by atoms with van der Waals surface area (Å²) < 4.78 is 2.35. The second-order valence-electron chi connectivity index (χ2n) is 8.27. The number of amides is 1. The smallest absolute Gasteiger partial charge is 0.254 e. The molecule has 2 aliphatic rings. The van der Waals surface area contributed by atoms with E-state index in [9.17, 15) is 4.79 Å². The fourth-order valence-corrected chi connectivity index (χ4v) is 4.70. The Morgan fingerprint density at radius 1 is 1.20 bits per heavy atom. The average Bonchev–Trinajstić information content (AvgIpc) is 3.32. The topological polar surface area (TPSA) is 124 Å². The molecular weight excluding hydrogens is 378 g/mol. The number of nitrogens with one attached hydrogen (secondary N) is 2. The van der Waals surface area contributed by atoms with Crippen LogP contribution in [0.1, 0.15) is 48.2 Å². The van der Waals surface area contributed by atoms with Crippen molar-refractivity contribution in [3.05, 3.63) is 41.7 Å². The number of anilines is 3. The van der Waals surface area contributed by atoms with E-state index in [4.69, 9.17) is 11.5 Å². The van der Waals surface area contributed by atoms with Crippen LogP contribution in [0.5, 0.6) is 0 Å². The van der Waals surface area contributed by atoms with Crippen molar-refractivity contribution < 1.29 is 4.79 Å². The van der Waals surface area contributed by atoms with Crippen LogP contribution in [-0.2, 0) is 13.0 Å². The largest absolute Gasteiger partial charge is 0.365 e. The summed E-state index contributed by atoms with van der Waals surface area (Å²) in [6.45, 7) is 1.04. The monoisotopic (exact) mass is 405 g/mol. The van der Waals surface area contributed by atoms with Crippen molar-refractivity contribution in [1.29, 1.82) is 0 Å². The summed E-state index contributed by atoms with van der Waals surface area (Å²) in [6, 6.07) is 8.56. The van der Waals surface area contributed by atoms with Gasteiger partial charge in [-0.1, -0.05) is 18.9 Å². The molecule has 1 saturated carbocycles. The molecular formula is C22H27N7O. The molecule has 0 bridgehead atoms. The van der Waals surface area contributed by atoms with E-state index in [2.05, 4.69) is 37.3 Å². The molecule has 2 aromatic heterocycles. The molecule has 1 amide bonds.